The molecule has 0 unspecified atom stereocenters. The first-order valence-corrected chi connectivity index (χ1v) is 10.2. The van der Waals surface area contributed by atoms with Crippen LogP contribution in [0.5, 0.6) is 0 Å². The van der Waals surface area contributed by atoms with Crippen molar-refractivity contribution in [2.75, 3.05) is 5.75 Å². The second-order valence-electron chi connectivity index (χ2n) is 6.42. The van der Waals surface area contributed by atoms with Crippen LogP contribution in [-0.4, -0.2) is 26.2 Å². The molecule has 2 aromatic carbocycles. The highest BCUT2D eigenvalue weighted by Gasteiger charge is 2.15. The van der Waals surface area contributed by atoms with Crippen LogP contribution in [0, 0.1) is 5.82 Å². The topological polar surface area (TPSA) is 76.9 Å². The van der Waals surface area contributed by atoms with Crippen molar-refractivity contribution in [2.24, 2.45) is 0 Å². The molecule has 0 atom stereocenters. The summed E-state index contributed by atoms with van der Waals surface area (Å²) in [6.45, 7) is 0.308. The zero-order valence-electron chi connectivity index (χ0n) is 15.8. The van der Waals surface area contributed by atoms with Crippen molar-refractivity contribution < 1.29 is 9.18 Å². The zero-order valence-corrected chi connectivity index (χ0v) is 16.6. The standard InChI is InChI=1S/C22H17FN4O2S/c23-15-6-5-8-17(12-15)27-21(29)18-9-1-2-10-19(18)26-22(27)30-14-20(28)25-13-16-7-3-4-11-24-16/h1-12H,13-14H2,(H,25,28). The molecule has 6 nitrogen and oxygen atoms in total. The predicted molar refractivity (Wildman–Crippen MR) is 114 cm³/mol. The first-order valence-electron chi connectivity index (χ1n) is 9.19. The van der Waals surface area contributed by atoms with Crippen molar-refractivity contribution in [3.63, 3.8) is 0 Å². The highest BCUT2D eigenvalue weighted by Crippen LogP contribution is 2.21. The lowest BCUT2D eigenvalue weighted by Crippen LogP contribution is -2.26. The first-order chi connectivity index (χ1) is 14.6. The molecule has 8 heteroatoms. The van der Waals surface area contributed by atoms with Gasteiger partial charge in [0.15, 0.2) is 5.16 Å². The van der Waals surface area contributed by atoms with Gasteiger partial charge >= 0.3 is 0 Å². The number of para-hydroxylation sites is 1. The molecule has 2 heterocycles. The number of thioether (sulfide) groups is 1. The number of benzene rings is 2. The number of pyridine rings is 1. The molecule has 2 aromatic heterocycles. The molecular formula is C22H17FN4O2S. The maximum Gasteiger partial charge on any atom is 0.266 e. The van der Waals surface area contributed by atoms with Crippen LogP contribution in [0.3, 0.4) is 0 Å². The van der Waals surface area contributed by atoms with Crippen molar-refractivity contribution in [3.8, 4) is 5.69 Å². The number of hydrogen-bond donors (Lipinski definition) is 1. The number of nitrogens with one attached hydrogen (secondary N) is 1. The Bertz CT molecular complexity index is 1260. The summed E-state index contributed by atoms with van der Waals surface area (Å²) in [5, 5.41) is 3.53. The normalized spacial score (nSPS) is 10.8. The lowest BCUT2D eigenvalue weighted by atomic mass is 10.2. The van der Waals surface area contributed by atoms with Gasteiger partial charge in [-0.25, -0.2) is 9.37 Å². The molecule has 1 N–H and O–H groups in total. The number of halogens is 1. The minimum Gasteiger partial charge on any atom is -0.350 e. The van der Waals surface area contributed by atoms with Crippen molar-refractivity contribution in [2.45, 2.75) is 11.7 Å². The largest absolute Gasteiger partial charge is 0.350 e. The Hall–Kier alpha value is -3.52. The summed E-state index contributed by atoms with van der Waals surface area (Å²) >= 11 is 1.12. The van der Waals surface area contributed by atoms with Crippen LogP contribution in [0.4, 0.5) is 4.39 Å². The Kier molecular flexibility index (Phi) is 5.85. The molecule has 0 radical (unpaired) electrons. The minimum absolute atomic E-state index is 0.0485. The molecule has 0 saturated heterocycles. The van der Waals surface area contributed by atoms with E-state index < -0.39 is 5.82 Å². The average Bonchev–Trinajstić information content (AvgIpc) is 2.77. The van der Waals surface area contributed by atoms with Crippen molar-refractivity contribution in [3.05, 3.63) is 94.8 Å². The minimum atomic E-state index is -0.461. The molecule has 0 aliphatic rings. The number of aromatic nitrogens is 3. The fraction of sp³-hybridized carbons (Fsp3) is 0.0909. The van der Waals surface area contributed by atoms with Crippen LogP contribution in [0.1, 0.15) is 5.69 Å². The van der Waals surface area contributed by atoms with Gasteiger partial charge < -0.3 is 5.32 Å². The number of fused-ring (bicyclic) bond motifs is 1. The number of carbonyl (C=O) groups is 1. The van der Waals surface area contributed by atoms with Gasteiger partial charge in [0.25, 0.3) is 5.56 Å². The molecule has 4 rings (SSSR count). The lowest BCUT2D eigenvalue weighted by molar-refractivity contribution is -0.118. The van der Waals surface area contributed by atoms with Crippen LogP contribution >= 0.6 is 11.8 Å². The molecule has 0 spiro atoms. The van der Waals surface area contributed by atoms with Gasteiger partial charge in [-0.1, -0.05) is 36.0 Å². The van der Waals surface area contributed by atoms with E-state index in [1.807, 2.05) is 12.1 Å². The van der Waals surface area contributed by atoms with Gasteiger partial charge in [0.05, 0.1) is 34.6 Å². The fourth-order valence-electron chi connectivity index (χ4n) is 2.93. The summed E-state index contributed by atoms with van der Waals surface area (Å²) in [7, 11) is 0. The van der Waals surface area contributed by atoms with Gasteiger partial charge in [-0.15, -0.1) is 0 Å². The fourth-order valence-corrected chi connectivity index (χ4v) is 3.77. The third kappa shape index (κ3) is 4.38. The zero-order chi connectivity index (χ0) is 20.9. The number of hydrogen-bond acceptors (Lipinski definition) is 5. The van der Waals surface area contributed by atoms with Crippen molar-refractivity contribution >= 4 is 28.6 Å². The first kappa shape index (κ1) is 19.8. The Labute approximate surface area is 175 Å². The van der Waals surface area contributed by atoms with E-state index in [1.54, 1.807) is 42.6 Å². The Morgan fingerprint density at radius 3 is 2.70 bits per heavy atom. The summed E-state index contributed by atoms with van der Waals surface area (Å²) in [6, 6.07) is 18.1. The van der Waals surface area contributed by atoms with Crippen LogP contribution in [0.2, 0.25) is 0 Å². The molecular weight excluding hydrogens is 403 g/mol. The van der Waals surface area contributed by atoms with Crippen LogP contribution in [0.15, 0.2) is 82.9 Å². The number of nitrogens with zero attached hydrogens (tertiary/aromatic N) is 3. The molecule has 4 aromatic rings. The Balaban J connectivity index is 1.61. The highest BCUT2D eigenvalue weighted by atomic mass is 32.2. The maximum atomic E-state index is 13.8. The summed E-state index contributed by atoms with van der Waals surface area (Å²) in [4.78, 5) is 34.1. The van der Waals surface area contributed by atoms with E-state index in [2.05, 4.69) is 15.3 Å². The molecule has 30 heavy (non-hydrogen) atoms. The second kappa shape index (κ2) is 8.87. The van der Waals surface area contributed by atoms with Crippen LogP contribution in [0.25, 0.3) is 16.6 Å². The SMILES string of the molecule is O=C(CSc1nc2ccccc2c(=O)n1-c1cccc(F)c1)NCc1ccccn1. The lowest BCUT2D eigenvalue weighted by Gasteiger charge is -2.13. The van der Waals surface area contributed by atoms with Crippen LogP contribution < -0.4 is 10.9 Å². The molecule has 0 fully saturated rings. The van der Waals surface area contributed by atoms with Gasteiger partial charge in [0, 0.05) is 6.20 Å². The highest BCUT2D eigenvalue weighted by molar-refractivity contribution is 7.99. The Morgan fingerprint density at radius 1 is 1.07 bits per heavy atom. The molecule has 150 valence electrons. The number of carbonyl (C=O) groups excluding carboxylic acids is 1. The molecule has 0 bridgehead atoms. The van der Waals surface area contributed by atoms with E-state index in [0.717, 1.165) is 17.5 Å². The van der Waals surface area contributed by atoms with Gasteiger partial charge in [-0.2, -0.15) is 0 Å². The summed E-state index contributed by atoms with van der Waals surface area (Å²) in [5.41, 5.74) is 1.31. The van der Waals surface area contributed by atoms with Gasteiger partial charge in [-0.05, 0) is 42.5 Å². The molecule has 1 amide bonds. The summed E-state index contributed by atoms with van der Waals surface area (Å²) in [5.74, 6) is -0.636. The maximum absolute atomic E-state index is 13.8. The quantitative estimate of drug-likeness (QED) is 0.383. The third-order valence-electron chi connectivity index (χ3n) is 4.34. The monoisotopic (exact) mass is 420 g/mol. The van der Waals surface area contributed by atoms with E-state index in [-0.39, 0.29) is 17.2 Å². The third-order valence-corrected chi connectivity index (χ3v) is 5.28. The van der Waals surface area contributed by atoms with E-state index in [1.165, 1.54) is 22.8 Å². The summed E-state index contributed by atoms with van der Waals surface area (Å²) in [6.07, 6.45) is 1.66. The molecule has 0 aliphatic heterocycles. The number of amides is 1. The average molecular weight is 420 g/mol. The second-order valence-corrected chi connectivity index (χ2v) is 7.36. The molecule has 0 saturated carbocycles. The van der Waals surface area contributed by atoms with Crippen LogP contribution in [-0.2, 0) is 11.3 Å². The van der Waals surface area contributed by atoms with Crippen molar-refractivity contribution in [1.82, 2.24) is 19.9 Å². The van der Waals surface area contributed by atoms with E-state index in [0.29, 0.717) is 28.3 Å². The predicted octanol–water partition coefficient (Wildman–Crippen LogP) is 3.33. The van der Waals surface area contributed by atoms with Gasteiger partial charge in [0.1, 0.15) is 5.82 Å². The van der Waals surface area contributed by atoms with E-state index in [4.69, 9.17) is 0 Å². The Morgan fingerprint density at radius 2 is 1.90 bits per heavy atom. The van der Waals surface area contributed by atoms with Gasteiger partial charge in [-0.3, -0.25) is 19.1 Å². The van der Waals surface area contributed by atoms with Gasteiger partial charge in [0.2, 0.25) is 5.91 Å². The van der Waals surface area contributed by atoms with Crippen molar-refractivity contribution in [1.29, 1.82) is 0 Å². The van der Waals surface area contributed by atoms with E-state index in [9.17, 15) is 14.0 Å². The summed E-state index contributed by atoms with van der Waals surface area (Å²) < 4.78 is 15.1. The number of rotatable bonds is 6. The van der Waals surface area contributed by atoms with E-state index >= 15 is 0 Å². The molecule has 0 aliphatic carbocycles. The smallest absolute Gasteiger partial charge is 0.266 e.